The second-order valence-corrected chi connectivity index (χ2v) is 8.40. The molecule has 0 bridgehead atoms. The van der Waals surface area contributed by atoms with Gasteiger partial charge in [0.05, 0.1) is 19.0 Å². The molecule has 150 valence electrons. The third-order valence-corrected chi connectivity index (χ3v) is 6.09. The SMILES string of the molecule is CCSc1nnc([C@H]2CCC[NH+](CC(=O)Nc3ccc4c(c3)OCO4)C2)n1C. The van der Waals surface area contributed by atoms with Crippen LogP contribution >= 0.6 is 11.8 Å². The number of hydrogen-bond donors (Lipinski definition) is 2. The van der Waals surface area contributed by atoms with Crippen LogP contribution in [-0.2, 0) is 11.8 Å². The minimum Gasteiger partial charge on any atom is -0.454 e. The molecule has 2 aliphatic rings. The Morgan fingerprint density at radius 3 is 3.07 bits per heavy atom. The average Bonchev–Trinajstić information content (AvgIpc) is 3.29. The summed E-state index contributed by atoms with van der Waals surface area (Å²) in [6.45, 7) is 4.69. The fourth-order valence-electron chi connectivity index (χ4n) is 3.87. The molecule has 1 aromatic heterocycles. The van der Waals surface area contributed by atoms with Gasteiger partial charge in [-0.25, -0.2) is 0 Å². The summed E-state index contributed by atoms with van der Waals surface area (Å²) >= 11 is 1.71. The number of benzene rings is 1. The number of carbonyl (C=O) groups excluding carboxylic acids is 1. The van der Waals surface area contributed by atoms with Gasteiger partial charge in [0.25, 0.3) is 5.91 Å². The van der Waals surface area contributed by atoms with E-state index in [1.165, 1.54) is 4.90 Å². The number of nitrogens with zero attached hydrogens (tertiary/aromatic N) is 3. The molecule has 8 nitrogen and oxygen atoms in total. The molecule has 0 aliphatic carbocycles. The van der Waals surface area contributed by atoms with Gasteiger partial charge in [-0.15, -0.1) is 10.2 Å². The van der Waals surface area contributed by atoms with Crippen LogP contribution in [0.3, 0.4) is 0 Å². The van der Waals surface area contributed by atoms with Gasteiger partial charge in [0, 0.05) is 18.8 Å². The van der Waals surface area contributed by atoms with Gasteiger partial charge < -0.3 is 24.3 Å². The molecule has 1 aromatic carbocycles. The van der Waals surface area contributed by atoms with Gasteiger partial charge in [-0.2, -0.15) is 0 Å². The Morgan fingerprint density at radius 1 is 1.36 bits per heavy atom. The first-order valence-electron chi connectivity index (χ1n) is 9.69. The lowest BCUT2D eigenvalue weighted by Gasteiger charge is -2.28. The van der Waals surface area contributed by atoms with E-state index in [0.29, 0.717) is 24.0 Å². The first-order valence-corrected chi connectivity index (χ1v) is 10.7. The van der Waals surface area contributed by atoms with Gasteiger partial charge in [-0.3, -0.25) is 4.79 Å². The lowest BCUT2D eigenvalue weighted by Crippen LogP contribution is -3.14. The van der Waals surface area contributed by atoms with Crippen molar-refractivity contribution < 1.29 is 19.2 Å². The van der Waals surface area contributed by atoms with Crippen LogP contribution in [0, 0.1) is 0 Å². The number of anilines is 1. The monoisotopic (exact) mass is 404 g/mol. The molecule has 2 atom stereocenters. The number of nitrogens with one attached hydrogen (secondary N) is 2. The standard InChI is InChI=1S/C19H25N5O3S/c1-3-28-19-22-21-18(23(19)2)13-5-4-8-24(10-13)11-17(25)20-14-6-7-15-16(9-14)27-12-26-15/h6-7,9,13H,3-5,8,10-12H2,1-2H3,(H,20,25)/p+1/t13-/m0/s1. The Bertz CT molecular complexity index is 856. The maximum absolute atomic E-state index is 12.5. The Balaban J connectivity index is 1.35. The number of carbonyl (C=O) groups is 1. The first-order chi connectivity index (χ1) is 13.6. The number of rotatable bonds is 6. The summed E-state index contributed by atoms with van der Waals surface area (Å²) in [5, 5.41) is 12.7. The largest absolute Gasteiger partial charge is 0.454 e. The third kappa shape index (κ3) is 4.10. The molecule has 0 spiro atoms. The van der Waals surface area contributed by atoms with E-state index in [1.54, 1.807) is 17.8 Å². The van der Waals surface area contributed by atoms with Crippen LogP contribution in [0.5, 0.6) is 11.5 Å². The van der Waals surface area contributed by atoms with Crippen molar-refractivity contribution in [1.29, 1.82) is 0 Å². The summed E-state index contributed by atoms with van der Waals surface area (Å²) in [7, 11) is 2.04. The molecule has 2 aliphatic heterocycles. The van der Waals surface area contributed by atoms with Gasteiger partial charge in [0.2, 0.25) is 6.79 Å². The zero-order valence-corrected chi connectivity index (χ0v) is 17.1. The highest BCUT2D eigenvalue weighted by Gasteiger charge is 2.30. The highest BCUT2D eigenvalue weighted by molar-refractivity contribution is 7.99. The lowest BCUT2D eigenvalue weighted by atomic mass is 9.97. The van der Waals surface area contributed by atoms with E-state index in [2.05, 4.69) is 27.0 Å². The number of ether oxygens (including phenoxy) is 2. The Hall–Kier alpha value is -2.26. The van der Waals surface area contributed by atoms with Crippen molar-refractivity contribution >= 4 is 23.4 Å². The van der Waals surface area contributed by atoms with Gasteiger partial charge >= 0.3 is 0 Å². The maximum Gasteiger partial charge on any atom is 0.279 e. The Labute approximate surface area is 168 Å². The number of fused-ring (bicyclic) bond motifs is 1. The van der Waals surface area contributed by atoms with Crippen molar-refractivity contribution in [1.82, 2.24) is 14.8 Å². The van der Waals surface area contributed by atoms with E-state index in [-0.39, 0.29) is 12.7 Å². The van der Waals surface area contributed by atoms with Gasteiger partial charge in [0.15, 0.2) is 23.2 Å². The van der Waals surface area contributed by atoms with E-state index in [9.17, 15) is 4.79 Å². The zero-order valence-electron chi connectivity index (χ0n) is 16.2. The van der Waals surface area contributed by atoms with Crippen molar-refractivity contribution in [3.8, 4) is 11.5 Å². The lowest BCUT2D eigenvalue weighted by molar-refractivity contribution is -0.898. The van der Waals surface area contributed by atoms with E-state index < -0.39 is 0 Å². The van der Waals surface area contributed by atoms with Crippen molar-refractivity contribution in [2.45, 2.75) is 30.8 Å². The van der Waals surface area contributed by atoms with Crippen LogP contribution in [0.4, 0.5) is 5.69 Å². The quantitative estimate of drug-likeness (QED) is 0.701. The summed E-state index contributed by atoms with van der Waals surface area (Å²) in [6.07, 6.45) is 2.18. The molecule has 1 fully saturated rings. The molecule has 0 radical (unpaired) electrons. The summed E-state index contributed by atoms with van der Waals surface area (Å²) < 4.78 is 12.8. The molecule has 9 heteroatoms. The zero-order chi connectivity index (χ0) is 19.5. The van der Waals surface area contributed by atoms with Crippen molar-refractivity contribution in [3.63, 3.8) is 0 Å². The molecule has 2 N–H and O–H groups in total. The van der Waals surface area contributed by atoms with Gasteiger partial charge in [0.1, 0.15) is 5.82 Å². The molecule has 1 unspecified atom stereocenters. The Morgan fingerprint density at radius 2 is 2.21 bits per heavy atom. The fraction of sp³-hybridized carbons (Fsp3) is 0.526. The molecule has 1 saturated heterocycles. The number of thioether (sulfide) groups is 1. The molecular weight excluding hydrogens is 378 g/mol. The predicted octanol–water partition coefficient (Wildman–Crippen LogP) is 1.06. The van der Waals surface area contributed by atoms with Crippen LogP contribution < -0.4 is 19.7 Å². The number of hydrogen-bond acceptors (Lipinski definition) is 6. The number of piperidine rings is 1. The number of likely N-dealkylation sites (tertiary alicyclic amines) is 1. The van der Waals surface area contributed by atoms with Crippen molar-refractivity contribution in [3.05, 3.63) is 24.0 Å². The van der Waals surface area contributed by atoms with Crippen LogP contribution in [0.15, 0.2) is 23.4 Å². The average molecular weight is 405 g/mol. The fourth-order valence-corrected chi connectivity index (χ4v) is 4.52. The highest BCUT2D eigenvalue weighted by Crippen LogP contribution is 2.34. The molecular formula is C19H26N5O3S+. The normalized spacial score (nSPS) is 20.9. The molecule has 1 amide bonds. The minimum absolute atomic E-state index is 0.00899. The highest BCUT2D eigenvalue weighted by atomic mass is 32.2. The number of quaternary nitrogens is 1. The number of amides is 1. The van der Waals surface area contributed by atoms with Crippen LogP contribution in [0.25, 0.3) is 0 Å². The summed E-state index contributed by atoms with van der Waals surface area (Å²) in [6, 6.07) is 5.47. The first kappa shape index (κ1) is 19.1. The molecule has 3 heterocycles. The number of aromatic nitrogens is 3. The smallest absolute Gasteiger partial charge is 0.279 e. The van der Waals surface area contributed by atoms with Gasteiger partial charge in [-0.05, 0) is 30.7 Å². The van der Waals surface area contributed by atoms with Crippen LogP contribution in [0.2, 0.25) is 0 Å². The van der Waals surface area contributed by atoms with E-state index in [0.717, 1.165) is 48.4 Å². The van der Waals surface area contributed by atoms with Crippen molar-refractivity contribution in [2.24, 2.45) is 7.05 Å². The minimum atomic E-state index is 0.00899. The van der Waals surface area contributed by atoms with Gasteiger partial charge in [-0.1, -0.05) is 18.7 Å². The summed E-state index contributed by atoms with van der Waals surface area (Å²) in [5.74, 6) is 3.75. The molecule has 2 aromatic rings. The molecule has 4 rings (SSSR count). The topological polar surface area (TPSA) is 82.7 Å². The third-order valence-electron chi connectivity index (χ3n) is 5.19. The van der Waals surface area contributed by atoms with E-state index in [1.807, 2.05) is 19.2 Å². The summed E-state index contributed by atoms with van der Waals surface area (Å²) in [5.41, 5.74) is 0.733. The molecule has 0 saturated carbocycles. The van der Waals surface area contributed by atoms with Crippen LogP contribution in [-0.4, -0.2) is 52.9 Å². The molecule has 28 heavy (non-hydrogen) atoms. The van der Waals surface area contributed by atoms with Crippen LogP contribution in [0.1, 0.15) is 31.5 Å². The van der Waals surface area contributed by atoms with E-state index in [4.69, 9.17) is 9.47 Å². The second-order valence-electron chi connectivity index (χ2n) is 7.17. The van der Waals surface area contributed by atoms with Crippen molar-refractivity contribution in [2.75, 3.05) is 37.5 Å². The second kappa shape index (κ2) is 8.40. The summed E-state index contributed by atoms with van der Waals surface area (Å²) in [4.78, 5) is 13.8. The Kier molecular flexibility index (Phi) is 5.72. The van der Waals surface area contributed by atoms with E-state index >= 15 is 0 Å². The predicted molar refractivity (Wildman–Crippen MR) is 106 cm³/mol. The maximum atomic E-state index is 12.5.